The van der Waals surface area contributed by atoms with Crippen LogP contribution in [0, 0.1) is 5.92 Å². The van der Waals surface area contributed by atoms with Crippen molar-refractivity contribution in [2.24, 2.45) is 5.92 Å². The maximum atomic E-state index is 11.2. The number of carboxylic acids is 1. The molecule has 0 aromatic heterocycles. The SMILES string of the molecule is O=C1CCC(CN2C3CCC2C(C(=O)O)C3)N1. The zero-order chi connectivity index (χ0) is 12.0. The van der Waals surface area contributed by atoms with Gasteiger partial charge in [0.15, 0.2) is 0 Å². The number of hydrogen-bond acceptors (Lipinski definition) is 3. The van der Waals surface area contributed by atoms with E-state index in [0.29, 0.717) is 12.5 Å². The van der Waals surface area contributed by atoms with Gasteiger partial charge in [0.05, 0.1) is 5.92 Å². The highest BCUT2D eigenvalue weighted by Crippen LogP contribution is 2.41. The molecule has 3 heterocycles. The molecule has 0 aromatic rings. The van der Waals surface area contributed by atoms with Crippen LogP contribution in [0.3, 0.4) is 0 Å². The summed E-state index contributed by atoms with van der Waals surface area (Å²) in [5.41, 5.74) is 0. The van der Waals surface area contributed by atoms with Gasteiger partial charge in [-0.1, -0.05) is 0 Å². The Morgan fingerprint density at radius 3 is 2.82 bits per heavy atom. The van der Waals surface area contributed by atoms with Gasteiger partial charge in [-0.05, 0) is 25.7 Å². The van der Waals surface area contributed by atoms with Gasteiger partial charge < -0.3 is 10.4 Å². The van der Waals surface area contributed by atoms with Crippen LogP contribution >= 0.6 is 0 Å². The van der Waals surface area contributed by atoms with E-state index in [1.165, 1.54) is 0 Å². The van der Waals surface area contributed by atoms with Crippen molar-refractivity contribution >= 4 is 11.9 Å². The fraction of sp³-hybridized carbons (Fsp3) is 0.833. The molecule has 0 saturated carbocycles. The number of rotatable bonds is 3. The normalized spacial score (nSPS) is 40.8. The second-order valence-corrected chi connectivity index (χ2v) is 5.48. The molecule has 0 aromatic carbocycles. The third-order valence-corrected chi connectivity index (χ3v) is 4.51. The lowest BCUT2D eigenvalue weighted by Gasteiger charge is -2.25. The summed E-state index contributed by atoms with van der Waals surface area (Å²) in [7, 11) is 0. The first-order valence-electron chi connectivity index (χ1n) is 6.43. The number of carboxylic acid groups (broad SMARTS) is 1. The van der Waals surface area contributed by atoms with E-state index in [1.807, 2.05) is 0 Å². The van der Waals surface area contributed by atoms with Crippen molar-refractivity contribution in [3.63, 3.8) is 0 Å². The van der Waals surface area contributed by atoms with Crippen LogP contribution in [0.25, 0.3) is 0 Å². The monoisotopic (exact) mass is 238 g/mol. The van der Waals surface area contributed by atoms with E-state index < -0.39 is 5.97 Å². The Kier molecular flexibility index (Phi) is 2.58. The van der Waals surface area contributed by atoms with E-state index in [0.717, 1.165) is 32.2 Å². The topological polar surface area (TPSA) is 69.6 Å². The summed E-state index contributed by atoms with van der Waals surface area (Å²) >= 11 is 0. The molecule has 5 heteroatoms. The van der Waals surface area contributed by atoms with Crippen LogP contribution < -0.4 is 5.32 Å². The highest BCUT2D eigenvalue weighted by Gasteiger charge is 2.49. The van der Waals surface area contributed by atoms with E-state index in [2.05, 4.69) is 10.2 Å². The number of nitrogens with zero attached hydrogens (tertiary/aromatic N) is 1. The Balaban J connectivity index is 1.65. The van der Waals surface area contributed by atoms with Crippen molar-refractivity contribution in [2.75, 3.05) is 6.54 Å². The van der Waals surface area contributed by atoms with Crippen molar-refractivity contribution < 1.29 is 14.7 Å². The molecule has 1 amide bonds. The van der Waals surface area contributed by atoms with E-state index in [-0.39, 0.29) is 23.9 Å². The molecule has 2 bridgehead atoms. The van der Waals surface area contributed by atoms with Crippen LogP contribution in [0.15, 0.2) is 0 Å². The van der Waals surface area contributed by atoms with Crippen LogP contribution in [0.4, 0.5) is 0 Å². The molecule has 3 saturated heterocycles. The predicted octanol–water partition coefficient (Wildman–Crippen LogP) is 0.203. The zero-order valence-corrected chi connectivity index (χ0v) is 9.76. The minimum Gasteiger partial charge on any atom is -0.481 e. The van der Waals surface area contributed by atoms with Gasteiger partial charge in [-0.3, -0.25) is 14.5 Å². The van der Waals surface area contributed by atoms with Crippen molar-refractivity contribution in [3.05, 3.63) is 0 Å². The number of aliphatic carboxylic acids is 1. The second-order valence-electron chi connectivity index (χ2n) is 5.48. The predicted molar refractivity (Wildman–Crippen MR) is 60.4 cm³/mol. The molecule has 3 rings (SSSR count). The zero-order valence-electron chi connectivity index (χ0n) is 9.76. The molecule has 4 unspecified atom stereocenters. The lowest BCUT2D eigenvalue weighted by atomic mass is 9.89. The Morgan fingerprint density at radius 2 is 2.24 bits per heavy atom. The van der Waals surface area contributed by atoms with Gasteiger partial charge in [-0.15, -0.1) is 0 Å². The van der Waals surface area contributed by atoms with Crippen molar-refractivity contribution in [3.8, 4) is 0 Å². The highest BCUT2D eigenvalue weighted by molar-refractivity contribution is 5.78. The Morgan fingerprint density at radius 1 is 1.41 bits per heavy atom. The van der Waals surface area contributed by atoms with Crippen LogP contribution in [0.1, 0.15) is 32.1 Å². The molecule has 2 N–H and O–H groups in total. The number of carbonyl (C=O) groups excluding carboxylic acids is 1. The number of carbonyl (C=O) groups is 2. The molecule has 4 atom stereocenters. The number of amides is 1. The number of fused-ring (bicyclic) bond motifs is 2. The molecule has 3 aliphatic rings. The Bertz CT molecular complexity index is 358. The molecule has 3 aliphatic heterocycles. The number of nitrogens with one attached hydrogen (secondary N) is 1. The van der Waals surface area contributed by atoms with Crippen molar-refractivity contribution in [1.29, 1.82) is 0 Å². The molecule has 0 aliphatic carbocycles. The highest BCUT2D eigenvalue weighted by atomic mass is 16.4. The average Bonchev–Trinajstić information content (AvgIpc) is 2.95. The van der Waals surface area contributed by atoms with Crippen LogP contribution in [0.5, 0.6) is 0 Å². The van der Waals surface area contributed by atoms with E-state index in [9.17, 15) is 9.59 Å². The fourth-order valence-corrected chi connectivity index (χ4v) is 3.72. The van der Waals surface area contributed by atoms with E-state index >= 15 is 0 Å². The molecule has 94 valence electrons. The lowest BCUT2D eigenvalue weighted by Crippen LogP contribution is -2.42. The summed E-state index contributed by atoms with van der Waals surface area (Å²) in [4.78, 5) is 24.6. The lowest BCUT2D eigenvalue weighted by molar-refractivity contribution is -0.142. The minimum absolute atomic E-state index is 0.135. The summed E-state index contributed by atoms with van der Waals surface area (Å²) in [6, 6.07) is 0.867. The second kappa shape index (κ2) is 3.98. The first-order valence-corrected chi connectivity index (χ1v) is 6.43. The standard InChI is InChI=1S/C12H18N2O3/c15-11-4-1-7(13-11)6-14-8-2-3-10(14)9(5-8)12(16)17/h7-10H,1-6H2,(H,13,15)(H,16,17). The molecule has 17 heavy (non-hydrogen) atoms. The van der Waals surface area contributed by atoms with Gasteiger partial charge in [-0.25, -0.2) is 0 Å². The van der Waals surface area contributed by atoms with Crippen molar-refractivity contribution in [2.45, 2.75) is 50.2 Å². The molecule has 0 radical (unpaired) electrons. The van der Waals surface area contributed by atoms with Crippen LogP contribution in [-0.4, -0.2) is 46.6 Å². The fourth-order valence-electron chi connectivity index (χ4n) is 3.72. The van der Waals surface area contributed by atoms with E-state index in [4.69, 9.17) is 5.11 Å². The van der Waals surface area contributed by atoms with Gasteiger partial charge >= 0.3 is 5.97 Å². The van der Waals surface area contributed by atoms with Crippen LogP contribution in [-0.2, 0) is 9.59 Å². The molecular weight excluding hydrogens is 220 g/mol. The summed E-state index contributed by atoms with van der Waals surface area (Å²) in [5.74, 6) is -0.708. The van der Waals surface area contributed by atoms with Crippen molar-refractivity contribution in [1.82, 2.24) is 10.2 Å². The van der Waals surface area contributed by atoms with E-state index in [1.54, 1.807) is 0 Å². The minimum atomic E-state index is -0.655. The first kappa shape index (κ1) is 11.0. The summed E-state index contributed by atoms with van der Waals surface area (Å²) < 4.78 is 0. The van der Waals surface area contributed by atoms with Gasteiger partial charge in [0.2, 0.25) is 5.91 Å². The Labute approximate surface area is 100 Å². The molecular formula is C12H18N2O3. The van der Waals surface area contributed by atoms with Gasteiger partial charge in [0, 0.05) is 31.1 Å². The smallest absolute Gasteiger partial charge is 0.308 e. The summed E-state index contributed by atoms with van der Waals surface area (Å²) in [6.07, 6.45) is 4.43. The molecule has 5 nitrogen and oxygen atoms in total. The van der Waals surface area contributed by atoms with Crippen LogP contribution in [0.2, 0.25) is 0 Å². The van der Waals surface area contributed by atoms with Gasteiger partial charge in [0.25, 0.3) is 0 Å². The third-order valence-electron chi connectivity index (χ3n) is 4.51. The largest absolute Gasteiger partial charge is 0.481 e. The average molecular weight is 238 g/mol. The Hall–Kier alpha value is -1.10. The number of hydrogen-bond donors (Lipinski definition) is 2. The van der Waals surface area contributed by atoms with Gasteiger partial charge in [0.1, 0.15) is 0 Å². The first-order chi connectivity index (χ1) is 8.15. The maximum absolute atomic E-state index is 11.2. The molecule has 0 spiro atoms. The summed E-state index contributed by atoms with van der Waals surface area (Å²) in [5, 5.41) is 12.1. The third kappa shape index (κ3) is 1.82. The quantitative estimate of drug-likeness (QED) is 0.737. The van der Waals surface area contributed by atoms with Gasteiger partial charge in [-0.2, -0.15) is 0 Å². The summed E-state index contributed by atoms with van der Waals surface area (Å²) in [6.45, 7) is 0.838. The maximum Gasteiger partial charge on any atom is 0.308 e. The molecule has 3 fully saturated rings.